The minimum atomic E-state index is -3.29. The molecule has 4 aromatic rings. The quantitative estimate of drug-likeness (QED) is 0.194. The average molecular weight is 656 g/mol. The Morgan fingerprint density at radius 1 is 0.614 bits per heavy atom. The van der Waals surface area contributed by atoms with Crippen molar-refractivity contribution < 1.29 is 20.3 Å². The third-order valence-electron chi connectivity index (χ3n) is 14.0. The van der Waals surface area contributed by atoms with E-state index in [2.05, 4.69) is 102 Å². The predicted molar refractivity (Wildman–Crippen MR) is 187 cm³/mol. The first-order valence-electron chi connectivity index (χ1n) is 17.8. The van der Waals surface area contributed by atoms with Gasteiger partial charge in [-0.25, -0.2) is 0 Å². The van der Waals surface area contributed by atoms with E-state index < -0.39 is 20.3 Å². The summed E-state index contributed by atoms with van der Waals surface area (Å²) >= 11 is -3.29. The molecule has 9 rings (SSSR count). The molecule has 1 heteroatoms. The Morgan fingerprint density at radius 2 is 1.05 bits per heavy atom. The van der Waals surface area contributed by atoms with E-state index in [0.29, 0.717) is 0 Å². The SMILES string of the molecule is CCC[CH2][Zr]1([CH2]CCC)[C]2(C(C)=Cc3c2cc2c4c(cccc34)CC2)C(C)(C)[C]12C(C)=Cc1c2cc2c3c(cccc13)CC2. The minimum absolute atomic E-state index is 0.127. The summed E-state index contributed by atoms with van der Waals surface area (Å²) in [5.74, 6) is 0. The van der Waals surface area contributed by atoms with E-state index in [-0.39, 0.29) is 11.7 Å². The van der Waals surface area contributed by atoms with Crippen molar-refractivity contribution in [3.63, 3.8) is 0 Å². The van der Waals surface area contributed by atoms with Gasteiger partial charge in [-0.2, -0.15) is 0 Å². The molecule has 0 saturated carbocycles. The summed E-state index contributed by atoms with van der Waals surface area (Å²) in [4.78, 5) is 0. The van der Waals surface area contributed by atoms with Crippen LogP contribution in [0.2, 0.25) is 8.26 Å². The van der Waals surface area contributed by atoms with Gasteiger partial charge in [-0.15, -0.1) is 0 Å². The molecule has 0 radical (unpaired) electrons. The first-order chi connectivity index (χ1) is 21.3. The Hall–Kier alpha value is -2.24. The maximum absolute atomic E-state index is 3.29. The van der Waals surface area contributed by atoms with E-state index in [9.17, 15) is 0 Å². The van der Waals surface area contributed by atoms with Gasteiger partial charge in [0.15, 0.2) is 0 Å². The number of hydrogen-bond donors (Lipinski definition) is 0. The van der Waals surface area contributed by atoms with Crippen molar-refractivity contribution in [2.24, 2.45) is 5.41 Å². The molecule has 44 heavy (non-hydrogen) atoms. The Kier molecular flexibility index (Phi) is 5.85. The molecule has 2 unspecified atom stereocenters. The van der Waals surface area contributed by atoms with Gasteiger partial charge in [0, 0.05) is 0 Å². The van der Waals surface area contributed by atoms with Crippen molar-refractivity contribution in [2.75, 3.05) is 0 Å². The third-order valence-corrected chi connectivity index (χ3v) is 33.3. The summed E-state index contributed by atoms with van der Waals surface area (Å²) < 4.78 is 3.48. The van der Waals surface area contributed by atoms with Crippen molar-refractivity contribution >= 4 is 33.7 Å². The molecule has 1 heterocycles. The Bertz CT molecular complexity index is 1860. The number of allylic oxidation sites excluding steroid dienone is 2. The second-order valence-electron chi connectivity index (χ2n) is 15.7. The summed E-state index contributed by atoms with van der Waals surface area (Å²) in [5, 5.41) is 6.29. The van der Waals surface area contributed by atoms with Crippen LogP contribution < -0.4 is 0 Å². The molecule has 4 aromatic carbocycles. The summed E-state index contributed by atoms with van der Waals surface area (Å²) in [7, 11) is 0. The molecule has 1 fully saturated rings. The number of aryl methyl sites for hydroxylation is 4. The first-order valence-corrected chi connectivity index (χ1v) is 23.8. The molecule has 224 valence electrons. The van der Waals surface area contributed by atoms with Crippen molar-refractivity contribution in [1.29, 1.82) is 0 Å². The van der Waals surface area contributed by atoms with Crippen molar-refractivity contribution in [3.8, 4) is 0 Å². The summed E-state index contributed by atoms with van der Waals surface area (Å²) in [6.45, 7) is 15.6. The second-order valence-corrected chi connectivity index (χ2v) is 27.2. The van der Waals surface area contributed by atoms with Crippen molar-refractivity contribution in [2.45, 2.75) is 107 Å². The van der Waals surface area contributed by atoms with E-state index in [0.717, 1.165) is 0 Å². The molecule has 1 saturated heterocycles. The van der Waals surface area contributed by atoms with Gasteiger partial charge < -0.3 is 0 Å². The Morgan fingerprint density at radius 3 is 1.48 bits per heavy atom. The van der Waals surface area contributed by atoms with Crippen LogP contribution in [0.5, 0.6) is 0 Å². The van der Waals surface area contributed by atoms with E-state index >= 15 is 0 Å². The monoisotopic (exact) mass is 654 g/mol. The first kappa shape index (κ1) is 28.0. The molecule has 0 amide bonds. The maximum atomic E-state index is 2.79. The number of rotatable bonds is 6. The van der Waals surface area contributed by atoms with E-state index in [1.807, 2.05) is 0 Å². The normalized spacial score (nSPS) is 26.0. The summed E-state index contributed by atoms with van der Waals surface area (Å²) in [6, 6.07) is 20.0. The fourth-order valence-electron chi connectivity index (χ4n) is 13.2. The van der Waals surface area contributed by atoms with E-state index in [1.165, 1.54) is 59.6 Å². The molecule has 2 spiro atoms. The molecule has 0 bridgehead atoms. The topological polar surface area (TPSA) is 0 Å². The van der Waals surface area contributed by atoms with Crippen LogP contribution in [0.25, 0.3) is 33.7 Å². The van der Waals surface area contributed by atoms with Crippen LogP contribution in [0.15, 0.2) is 59.7 Å². The zero-order chi connectivity index (χ0) is 30.2. The zero-order valence-corrected chi connectivity index (χ0v) is 30.3. The van der Waals surface area contributed by atoms with E-state index in [1.54, 1.807) is 77.2 Å². The van der Waals surface area contributed by atoms with Gasteiger partial charge in [0.05, 0.1) is 0 Å². The summed E-state index contributed by atoms with van der Waals surface area (Å²) in [5.41, 5.74) is 16.8. The van der Waals surface area contributed by atoms with Crippen LogP contribution in [0.1, 0.15) is 112 Å². The van der Waals surface area contributed by atoms with Gasteiger partial charge >= 0.3 is 271 Å². The third kappa shape index (κ3) is 2.81. The predicted octanol–water partition coefficient (Wildman–Crippen LogP) is 11.7. The van der Waals surface area contributed by atoms with Gasteiger partial charge in [-0.3, -0.25) is 0 Å². The molecular weight excluding hydrogens is 608 g/mol. The van der Waals surface area contributed by atoms with Crippen LogP contribution in [-0.4, -0.2) is 0 Å². The standard InChI is InChI=1S/C35H30.2C4H9.Zr/c1-19-15-27-25-9-5-7-21-11-13-23(31(21)25)17-29(27)33(19)35(3,4)34-20(2)16-28-26-10-6-8-22-12-14-24(32(22)26)18-30(28)34;2*1-3-4-2;/h5-10,15-18H,11-14H2,1-4H3;2*1,3-4H2,2H3;. The molecule has 1 aliphatic heterocycles. The molecular formula is C43H48Zr. The average Bonchev–Trinajstić information content (AvgIpc) is 3.78. The van der Waals surface area contributed by atoms with Crippen molar-refractivity contribution in [1.82, 2.24) is 0 Å². The summed E-state index contributed by atoms with van der Waals surface area (Å²) in [6.07, 6.45) is 15.7. The second kappa shape index (κ2) is 9.19. The molecule has 0 N–H and O–H groups in total. The fourth-order valence-corrected chi connectivity index (χ4v) is 37.5. The van der Waals surface area contributed by atoms with Crippen LogP contribution in [0.3, 0.4) is 0 Å². The molecule has 0 nitrogen and oxygen atoms in total. The van der Waals surface area contributed by atoms with Crippen LogP contribution in [-0.2, 0) is 52.2 Å². The van der Waals surface area contributed by atoms with Gasteiger partial charge in [-0.05, 0) is 0 Å². The molecule has 4 aliphatic carbocycles. The molecule has 2 atom stereocenters. The van der Waals surface area contributed by atoms with Crippen LogP contribution in [0.4, 0.5) is 0 Å². The van der Waals surface area contributed by atoms with Gasteiger partial charge in [-0.1, -0.05) is 0 Å². The van der Waals surface area contributed by atoms with Gasteiger partial charge in [0.1, 0.15) is 0 Å². The number of hydrogen-bond acceptors (Lipinski definition) is 0. The number of fused-ring (bicyclic) bond motifs is 6. The Balaban J connectivity index is 1.40. The number of unbranched alkanes of at least 4 members (excludes halogenated alkanes) is 2. The fraction of sp³-hybridized carbons (Fsp3) is 0.442. The molecule has 5 aliphatic rings. The van der Waals surface area contributed by atoms with Gasteiger partial charge in [0.2, 0.25) is 0 Å². The Labute approximate surface area is 269 Å². The number of benzene rings is 4. The zero-order valence-electron chi connectivity index (χ0n) is 27.8. The molecule has 0 aromatic heterocycles. The van der Waals surface area contributed by atoms with E-state index in [4.69, 9.17) is 0 Å². The van der Waals surface area contributed by atoms with Gasteiger partial charge in [0.25, 0.3) is 0 Å². The van der Waals surface area contributed by atoms with Crippen LogP contribution >= 0.6 is 0 Å². The van der Waals surface area contributed by atoms with Crippen molar-refractivity contribution in [3.05, 3.63) is 104 Å². The van der Waals surface area contributed by atoms with Crippen LogP contribution in [0, 0.1) is 5.41 Å².